The molecule has 0 radical (unpaired) electrons. The molecule has 1 aromatic carbocycles. The van der Waals surface area contributed by atoms with E-state index < -0.39 is 12.0 Å². The first-order valence-corrected chi connectivity index (χ1v) is 6.12. The van der Waals surface area contributed by atoms with Crippen LogP contribution in [0.1, 0.15) is 24.0 Å². The molecule has 1 fully saturated rings. The third-order valence-electron chi connectivity index (χ3n) is 3.09. The van der Waals surface area contributed by atoms with Gasteiger partial charge in [-0.3, -0.25) is 4.79 Å². The van der Waals surface area contributed by atoms with E-state index in [-0.39, 0.29) is 18.2 Å². The van der Waals surface area contributed by atoms with Gasteiger partial charge in [0.2, 0.25) is 5.91 Å². The topological polar surface area (TPSA) is 90.2 Å². The van der Waals surface area contributed by atoms with Crippen LogP contribution in [0.25, 0.3) is 0 Å². The van der Waals surface area contributed by atoms with Gasteiger partial charge in [-0.25, -0.2) is 4.79 Å². The van der Waals surface area contributed by atoms with Gasteiger partial charge in [0.05, 0.1) is 11.6 Å². The van der Waals surface area contributed by atoms with E-state index in [4.69, 9.17) is 10.4 Å². The Kier molecular flexibility index (Phi) is 3.81. The predicted octanol–water partition coefficient (Wildman–Crippen LogP) is 1.08. The van der Waals surface area contributed by atoms with Crippen LogP contribution in [0.3, 0.4) is 0 Å². The van der Waals surface area contributed by atoms with E-state index in [2.05, 4.69) is 5.32 Å². The summed E-state index contributed by atoms with van der Waals surface area (Å²) in [5, 5.41) is 20.4. The Hall–Kier alpha value is -2.35. The second-order valence-corrected chi connectivity index (χ2v) is 4.69. The molecule has 5 heteroatoms. The van der Waals surface area contributed by atoms with Crippen LogP contribution in [0.4, 0.5) is 0 Å². The predicted molar refractivity (Wildman–Crippen MR) is 67.2 cm³/mol. The summed E-state index contributed by atoms with van der Waals surface area (Å²) in [7, 11) is 0. The van der Waals surface area contributed by atoms with Crippen LogP contribution in [0.2, 0.25) is 0 Å². The summed E-state index contributed by atoms with van der Waals surface area (Å²) in [5.74, 6) is -1.23. The highest BCUT2D eigenvalue weighted by atomic mass is 16.4. The van der Waals surface area contributed by atoms with Gasteiger partial charge < -0.3 is 10.4 Å². The van der Waals surface area contributed by atoms with Crippen molar-refractivity contribution in [3.8, 4) is 6.07 Å². The van der Waals surface area contributed by atoms with Gasteiger partial charge in [0.15, 0.2) is 0 Å². The summed E-state index contributed by atoms with van der Waals surface area (Å²) >= 11 is 0. The molecule has 0 bridgehead atoms. The van der Waals surface area contributed by atoms with Crippen LogP contribution >= 0.6 is 0 Å². The smallest absolute Gasteiger partial charge is 0.326 e. The normalized spacial score (nSPS) is 15.3. The molecule has 0 aromatic heterocycles. The lowest BCUT2D eigenvalue weighted by Crippen LogP contribution is -2.43. The van der Waals surface area contributed by atoms with Crippen molar-refractivity contribution in [1.82, 2.24) is 5.32 Å². The zero-order chi connectivity index (χ0) is 13.8. The van der Waals surface area contributed by atoms with Crippen molar-refractivity contribution in [2.24, 2.45) is 5.92 Å². The summed E-state index contributed by atoms with van der Waals surface area (Å²) in [4.78, 5) is 22.7. The van der Waals surface area contributed by atoms with Crippen LogP contribution in [-0.2, 0) is 16.0 Å². The molecular weight excluding hydrogens is 244 g/mol. The van der Waals surface area contributed by atoms with Crippen molar-refractivity contribution in [1.29, 1.82) is 5.26 Å². The number of nitriles is 1. The van der Waals surface area contributed by atoms with Crippen molar-refractivity contribution < 1.29 is 14.7 Å². The number of carboxylic acid groups (broad SMARTS) is 1. The van der Waals surface area contributed by atoms with Gasteiger partial charge in [-0.05, 0) is 30.5 Å². The number of aliphatic carboxylic acids is 1. The molecule has 1 aromatic rings. The quantitative estimate of drug-likeness (QED) is 0.826. The molecule has 1 atom stereocenters. The van der Waals surface area contributed by atoms with E-state index in [1.54, 1.807) is 24.3 Å². The minimum absolute atomic E-state index is 0.0113. The first-order chi connectivity index (χ1) is 9.10. The molecule has 0 heterocycles. The highest BCUT2D eigenvalue weighted by Gasteiger charge is 2.32. The molecule has 2 rings (SSSR count). The van der Waals surface area contributed by atoms with E-state index in [0.29, 0.717) is 5.56 Å². The van der Waals surface area contributed by atoms with Crippen molar-refractivity contribution in [3.05, 3.63) is 35.4 Å². The largest absolute Gasteiger partial charge is 0.480 e. The number of rotatable bonds is 5. The summed E-state index contributed by atoms with van der Waals surface area (Å²) < 4.78 is 0. The van der Waals surface area contributed by atoms with Crippen LogP contribution < -0.4 is 5.32 Å². The molecule has 1 aliphatic rings. The SMILES string of the molecule is N#Cc1ccc(C[C@@H](NC(=O)C2CC2)C(=O)O)cc1. The second-order valence-electron chi connectivity index (χ2n) is 4.69. The molecule has 98 valence electrons. The molecule has 0 saturated heterocycles. The summed E-state index contributed by atoms with van der Waals surface area (Å²) in [6.07, 6.45) is 1.91. The second kappa shape index (κ2) is 5.53. The number of benzene rings is 1. The number of nitrogens with one attached hydrogen (secondary N) is 1. The Bertz CT molecular complexity index is 527. The number of carbonyl (C=O) groups excluding carboxylic acids is 1. The Labute approximate surface area is 110 Å². The van der Waals surface area contributed by atoms with Crippen molar-refractivity contribution in [2.75, 3.05) is 0 Å². The Morgan fingerprint density at radius 1 is 1.37 bits per heavy atom. The Morgan fingerprint density at radius 3 is 2.47 bits per heavy atom. The van der Waals surface area contributed by atoms with E-state index in [0.717, 1.165) is 18.4 Å². The van der Waals surface area contributed by atoms with Gasteiger partial charge >= 0.3 is 5.97 Å². The lowest BCUT2D eigenvalue weighted by atomic mass is 10.0. The molecule has 0 aliphatic heterocycles. The van der Waals surface area contributed by atoms with E-state index in [9.17, 15) is 9.59 Å². The molecule has 1 aliphatic carbocycles. The summed E-state index contributed by atoms with van der Waals surface area (Å²) in [6, 6.07) is 7.77. The minimum atomic E-state index is -1.04. The van der Waals surface area contributed by atoms with Crippen LogP contribution in [0.15, 0.2) is 24.3 Å². The van der Waals surface area contributed by atoms with Gasteiger partial charge in [-0.1, -0.05) is 12.1 Å². The first kappa shape index (κ1) is 13.1. The average Bonchev–Trinajstić information content (AvgIpc) is 3.23. The van der Waals surface area contributed by atoms with Crippen LogP contribution in [0, 0.1) is 17.2 Å². The average molecular weight is 258 g/mol. The number of hydrogen-bond acceptors (Lipinski definition) is 3. The number of carbonyl (C=O) groups is 2. The standard InChI is InChI=1S/C14H14N2O3/c15-8-10-3-1-9(2-4-10)7-12(14(18)19)16-13(17)11-5-6-11/h1-4,11-12H,5-7H2,(H,16,17)(H,18,19)/t12-/m1/s1. The highest BCUT2D eigenvalue weighted by molar-refractivity contribution is 5.86. The van der Waals surface area contributed by atoms with Gasteiger partial charge in [0.25, 0.3) is 0 Å². The van der Waals surface area contributed by atoms with E-state index in [1.807, 2.05) is 6.07 Å². The monoisotopic (exact) mass is 258 g/mol. The zero-order valence-electron chi connectivity index (χ0n) is 10.3. The fraction of sp³-hybridized carbons (Fsp3) is 0.357. The van der Waals surface area contributed by atoms with E-state index in [1.165, 1.54) is 0 Å². The number of amides is 1. The maximum Gasteiger partial charge on any atom is 0.326 e. The zero-order valence-corrected chi connectivity index (χ0v) is 10.3. The van der Waals surface area contributed by atoms with Crippen molar-refractivity contribution >= 4 is 11.9 Å². The van der Waals surface area contributed by atoms with Crippen molar-refractivity contribution in [2.45, 2.75) is 25.3 Å². The third kappa shape index (κ3) is 3.55. The van der Waals surface area contributed by atoms with Gasteiger partial charge in [-0.2, -0.15) is 5.26 Å². The number of carboxylic acids is 1. The van der Waals surface area contributed by atoms with Crippen LogP contribution in [-0.4, -0.2) is 23.0 Å². The van der Waals surface area contributed by atoms with Crippen LogP contribution in [0.5, 0.6) is 0 Å². The van der Waals surface area contributed by atoms with Gasteiger partial charge in [-0.15, -0.1) is 0 Å². The first-order valence-electron chi connectivity index (χ1n) is 6.12. The van der Waals surface area contributed by atoms with E-state index >= 15 is 0 Å². The maximum absolute atomic E-state index is 11.6. The molecule has 1 saturated carbocycles. The van der Waals surface area contributed by atoms with Gasteiger partial charge in [0, 0.05) is 12.3 Å². The molecule has 5 nitrogen and oxygen atoms in total. The Morgan fingerprint density at radius 2 is 2.00 bits per heavy atom. The number of nitrogens with zero attached hydrogens (tertiary/aromatic N) is 1. The fourth-order valence-electron chi connectivity index (χ4n) is 1.79. The van der Waals surface area contributed by atoms with Gasteiger partial charge in [0.1, 0.15) is 6.04 Å². The number of hydrogen-bond donors (Lipinski definition) is 2. The third-order valence-corrected chi connectivity index (χ3v) is 3.09. The Balaban J connectivity index is 2.00. The fourth-order valence-corrected chi connectivity index (χ4v) is 1.79. The van der Waals surface area contributed by atoms with Crippen molar-refractivity contribution in [3.63, 3.8) is 0 Å². The summed E-state index contributed by atoms with van der Waals surface area (Å²) in [5.41, 5.74) is 1.31. The molecular formula is C14H14N2O3. The molecule has 0 spiro atoms. The lowest BCUT2D eigenvalue weighted by Gasteiger charge is -2.14. The lowest BCUT2D eigenvalue weighted by molar-refractivity contribution is -0.142. The minimum Gasteiger partial charge on any atom is -0.480 e. The molecule has 2 N–H and O–H groups in total. The molecule has 0 unspecified atom stereocenters. The molecule has 1 amide bonds. The highest BCUT2D eigenvalue weighted by Crippen LogP contribution is 2.29. The molecule has 19 heavy (non-hydrogen) atoms. The summed E-state index contributed by atoms with van der Waals surface area (Å²) in [6.45, 7) is 0. The maximum atomic E-state index is 11.6.